The van der Waals surface area contributed by atoms with Gasteiger partial charge in [0.05, 0.1) is 5.31 Å². The highest BCUT2D eigenvalue weighted by Gasteiger charge is 2.48. The van der Waals surface area contributed by atoms with Crippen molar-refractivity contribution in [1.29, 1.82) is 0 Å². The molecule has 0 aliphatic rings. The van der Waals surface area contributed by atoms with E-state index in [9.17, 15) is 9.11 Å². The Balaban J connectivity index is 4.67. The van der Waals surface area contributed by atoms with Crippen molar-refractivity contribution in [3.05, 3.63) is 0 Å². The Morgan fingerprint density at radius 1 is 1.06 bits per heavy atom. The number of nitrogens with one attached hydrogen (secondary N) is 1. The maximum atomic E-state index is 14.3. The third-order valence-corrected chi connectivity index (χ3v) is 2.76. The molecule has 0 aromatic carbocycles. The number of carbonyl (C=O) groups is 1. The van der Waals surface area contributed by atoms with Crippen LogP contribution in [0.5, 0.6) is 0 Å². The maximum absolute atomic E-state index is 14.3. The Bertz CT molecular complexity index is 276. The fourth-order valence-electron chi connectivity index (χ4n) is 1.77. The topological polar surface area (TPSA) is 29.1 Å². The van der Waals surface area contributed by atoms with Crippen LogP contribution in [-0.2, 0) is 4.79 Å². The van der Waals surface area contributed by atoms with Crippen molar-refractivity contribution in [2.24, 2.45) is 5.41 Å². The molecule has 2 nitrogen and oxygen atoms in total. The van der Waals surface area contributed by atoms with Gasteiger partial charge in [-0.3, -0.25) is 4.79 Å². The normalized spacial score (nSPS) is 13.5. The van der Waals surface area contributed by atoms with Gasteiger partial charge in [0.25, 0.3) is 0 Å². The number of hydrogen-bond donors (Lipinski definition) is 1. The third kappa shape index (κ3) is 5.09. The smallest absolute Gasteiger partial charge is 0.356 e. The average Bonchev–Trinajstić information content (AvgIpc) is 2.09. The largest absolute Gasteiger partial charge is 0.368 e. The van der Waals surface area contributed by atoms with Gasteiger partial charge < -0.3 is 9.63 Å². The molecule has 0 spiro atoms. The lowest BCUT2D eigenvalue weighted by Crippen LogP contribution is -2.46. The maximum Gasteiger partial charge on any atom is 0.368 e. The molecule has 0 radical (unpaired) electrons. The minimum Gasteiger partial charge on any atom is -0.356 e. The third-order valence-electron chi connectivity index (χ3n) is 2.76. The Morgan fingerprint density at radius 3 is 1.76 bits per heavy atom. The lowest BCUT2D eigenvalue weighted by atomic mass is 9.37. The number of hydrogen-bond acceptors (Lipinski definition) is 1. The van der Waals surface area contributed by atoms with Crippen molar-refractivity contribution in [1.82, 2.24) is 5.32 Å². The first kappa shape index (κ1) is 16.5. The Labute approximate surface area is 106 Å². The molecular weight excluding hydrogens is 216 g/mol. The molecule has 0 aliphatic carbocycles. The van der Waals surface area contributed by atoms with Crippen LogP contribution in [0.25, 0.3) is 0 Å². The van der Waals surface area contributed by atoms with E-state index in [1.165, 1.54) is 0 Å². The van der Waals surface area contributed by atoms with Crippen molar-refractivity contribution < 1.29 is 9.11 Å². The van der Waals surface area contributed by atoms with Gasteiger partial charge in [-0.2, -0.15) is 0 Å². The molecule has 0 unspecified atom stereocenters. The van der Waals surface area contributed by atoms with E-state index in [-0.39, 0.29) is 11.3 Å². The number of halogens is 1. The fourth-order valence-corrected chi connectivity index (χ4v) is 1.77. The first-order valence-corrected chi connectivity index (χ1v) is 6.21. The van der Waals surface area contributed by atoms with Crippen LogP contribution in [0.3, 0.4) is 0 Å². The standard InChI is InChI=1S/C13H27BFNO/c1-11(2,3)9-16-10(17)13(7,8)14(15)12(4,5)6/h9H2,1-8H3,(H,16,17). The summed E-state index contributed by atoms with van der Waals surface area (Å²) >= 11 is 0. The molecule has 0 heterocycles. The van der Waals surface area contributed by atoms with E-state index in [4.69, 9.17) is 0 Å². The van der Waals surface area contributed by atoms with Gasteiger partial charge in [-0.25, -0.2) is 0 Å². The molecule has 0 aromatic rings. The second-order valence-electron chi connectivity index (χ2n) is 7.69. The van der Waals surface area contributed by atoms with Gasteiger partial charge in [0.15, 0.2) is 0 Å². The molecule has 1 amide bonds. The quantitative estimate of drug-likeness (QED) is 0.752. The molecule has 100 valence electrons. The second-order valence-corrected chi connectivity index (χ2v) is 7.69. The summed E-state index contributed by atoms with van der Waals surface area (Å²) in [7, 11) is 0. The van der Waals surface area contributed by atoms with Gasteiger partial charge in [-0.1, -0.05) is 55.4 Å². The van der Waals surface area contributed by atoms with Crippen LogP contribution in [0, 0.1) is 5.41 Å². The molecule has 0 rings (SSSR count). The first-order valence-electron chi connectivity index (χ1n) is 6.21. The van der Waals surface area contributed by atoms with Crippen LogP contribution < -0.4 is 5.32 Å². The van der Waals surface area contributed by atoms with Crippen molar-refractivity contribution in [3.63, 3.8) is 0 Å². The highest BCUT2D eigenvalue weighted by molar-refractivity contribution is 6.62. The number of rotatable bonds is 3. The van der Waals surface area contributed by atoms with E-state index in [0.29, 0.717) is 6.54 Å². The Morgan fingerprint density at radius 2 is 1.47 bits per heavy atom. The molecule has 0 bridgehead atoms. The van der Waals surface area contributed by atoms with Crippen molar-refractivity contribution in [2.75, 3.05) is 6.54 Å². The molecule has 0 atom stereocenters. The molecule has 0 aliphatic heterocycles. The van der Waals surface area contributed by atoms with Crippen molar-refractivity contribution in [3.8, 4) is 0 Å². The monoisotopic (exact) mass is 243 g/mol. The highest BCUT2D eigenvalue weighted by Crippen LogP contribution is 2.43. The van der Waals surface area contributed by atoms with E-state index in [1.54, 1.807) is 13.8 Å². The second kappa shape index (κ2) is 4.99. The summed E-state index contributed by atoms with van der Waals surface area (Å²) in [6, 6.07) is 0. The molecular formula is C13H27BFNO. The summed E-state index contributed by atoms with van der Waals surface area (Å²) in [6.45, 7) is 14.3. The summed E-state index contributed by atoms with van der Waals surface area (Å²) in [5.74, 6) is -0.213. The summed E-state index contributed by atoms with van der Waals surface area (Å²) in [5, 5.41) is 1.32. The van der Waals surface area contributed by atoms with Crippen LogP contribution in [0.15, 0.2) is 0 Å². The SMILES string of the molecule is CC(C)(C)CNC(=O)C(C)(C)B(F)C(C)(C)C. The van der Waals surface area contributed by atoms with Crippen LogP contribution in [0.1, 0.15) is 55.4 Å². The summed E-state index contributed by atoms with van der Waals surface area (Å²) < 4.78 is 14.3. The van der Waals surface area contributed by atoms with Crippen LogP contribution in [0.4, 0.5) is 4.32 Å². The first-order chi connectivity index (χ1) is 7.28. The van der Waals surface area contributed by atoms with E-state index >= 15 is 0 Å². The Kier molecular flexibility index (Phi) is 4.83. The van der Waals surface area contributed by atoms with Crippen molar-refractivity contribution >= 4 is 12.9 Å². The van der Waals surface area contributed by atoms with E-state index in [1.807, 2.05) is 41.5 Å². The number of amides is 1. The van der Waals surface area contributed by atoms with Gasteiger partial charge in [0, 0.05) is 6.54 Å². The van der Waals surface area contributed by atoms with Crippen LogP contribution in [-0.4, -0.2) is 19.4 Å². The molecule has 0 aromatic heterocycles. The van der Waals surface area contributed by atoms with E-state index < -0.39 is 17.6 Å². The van der Waals surface area contributed by atoms with Gasteiger partial charge in [-0.15, -0.1) is 0 Å². The minimum atomic E-state index is -1.17. The van der Waals surface area contributed by atoms with Gasteiger partial charge in [0.1, 0.15) is 0 Å². The summed E-state index contributed by atoms with van der Waals surface area (Å²) in [6.07, 6.45) is 0. The zero-order valence-electron chi connectivity index (χ0n) is 12.6. The zero-order valence-corrected chi connectivity index (χ0v) is 12.6. The van der Waals surface area contributed by atoms with E-state index in [2.05, 4.69) is 5.32 Å². The van der Waals surface area contributed by atoms with Gasteiger partial charge in [0.2, 0.25) is 5.91 Å². The minimum absolute atomic E-state index is 0.0132. The summed E-state index contributed by atoms with van der Waals surface area (Å²) in [4.78, 5) is 12.0. The average molecular weight is 243 g/mol. The van der Waals surface area contributed by atoms with E-state index in [0.717, 1.165) is 0 Å². The Hall–Kier alpha value is -0.535. The molecule has 17 heavy (non-hydrogen) atoms. The summed E-state index contributed by atoms with van der Waals surface area (Å²) in [5.41, 5.74) is 0.0132. The van der Waals surface area contributed by atoms with Gasteiger partial charge >= 0.3 is 6.99 Å². The van der Waals surface area contributed by atoms with Crippen LogP contribution >= 0.6 is 0 Å². The lowest BCUT2D eigenvalue weighted by Gasteiger charge is -2.33. The molecule has 4 heteroatoms. The van der Waals surface area contributed by atoms with Crippen molar-refractivity contribution in [2.45, 2.75) is 66.0 Å². The molecule has 0 saturated heterocycles. The molecule has 0 fully saturated rings. The molecule has 0 saturated carbocycles. The predicted octanol–water partition coefficient (Wildman–Crippen LogP) is 3.69. The molecule has 1 N–H and O–H groups in total. The lowest BCUT2D eigenvalue weighted by molar-refractivity contribution is -0.124. The zero-order chi connectivity index (χ0) is 14.1. The highest BCUT2D eigenvalue weighted by atomic mass is 19.1. The van der Waals surface area contributed by atoms with Crippen LogP contribution in [0.2, 0.25) is 10.6 Å². The fraction of sp³-hybridized carbons (Fsp3) is 0.923. The van der Waals surface area contributed by atoms with Gasteiger partial charge in [-0.05, 0) is 10.7 Å². The predicted molar refractivity (Wildman–Crippen MR) is 73.1 cm³/mol. The number of carbonyl (C=O) groups excluding carboxylic acids is 1.